The Morgan fingerprint density at radius 3 is 2.34 bits per heavy atom. The van der Waals surface area contributed by atoms with Crippen molar-refractivity contribution in [1.82, 2.24) is 10.3 Å². The summed E-state index contributed by atoms with van der Waals surface area (Å²) < 4.78 is 51.8. The van der Waals surface area contributed by atoms with E-state index in [-0.39, 0.29) is 21.6 Å². The zero-order chi connectivity index (χ0) is 20.4. The summed E-state index contributed by atoms with van der Waals surface area (Å²) in [6.07, 6.45) is 0. The van der Waals surface area contributed by atoms with Gasteiger partial charge >= 0.3 is 0 Å². The first-order valence-corrected chi connectivity index (χ1v) is 9.90. The van der Waals surface area contributed by atoms with Crippen molar-refractivity contribution in [3.8, 4) is 5.75 Å². The number of hydrogen-bond donors (Lipinski definition) is 2. The average Bonchev–Trinajstić information content (AvgIpc) is 3.20. The first-order valence-electron chi connectivity index (χ1n) is 8.42. The maximum atomic E-state index is 13.9. The van der Waals surface area contributed by atoms with Gasteiger partial charge in [-0.3, -0.25) is 4.72 Å². The molecule has 29 heavy (non-hydrogen) atoms. The minimum absolute atomic E-state index is 0.00809. The molecule has 3 aromatic carbocycles. The standard InChI is InChI=1S/C19H15FN4O4S/c1-27-16-9-5-4-8-14(16)21-15-10-11-17(19-18(15)22-28-23-19)29(25,26)24-13-7-3-2-6-12(13)20/h2-11,21,24H,1H3. The molecule has 148 valence electrons. The Morgan fingerprint density at radius 2 is 1.59 bits per heavy atom. The minimum Gasteiger partial charge on any atom is -0.495 e. The fourth-order valence-electron chi connectivity index (χ4n) is 2.80. The Hall–Kier alpha value is -3.66. The number of rotatable bonds is 6. The first kappa shape index (κ1) is 18.7. The Bertz CT molecular complexity index is 1290. The van der Waals surface area contributed by atoms with Gasteiger partial charge < -0.3 is 10.1 Å². The maximum absolute atomic E-state index is 13.9. The lowest BCUT2D eigenvalue weighted by molar-refractivity contribution is 0.315. The number of aromatic nitrogens is 2. The zero-order valence-electron chi connectivity index (χ0n) is 15.1. The second-order valence-corrected chi connectivity index (χ2v) is 7.63. The quantitative estimate of drug-likeness (QED) is 0.493. The van der Waals surface area contributed by atoms with Crippen LogP contribution in [0.15, 0.2) is 70.2 Å². The summed E-state index contributed by atoms with van der Waals surface area (Å²) in [7, 11) is -2.60. The molecule has 0 amide bonds. The lowest BCUT2D eigenvalue weighted by Crippen LogP contribution is -2.14. The molecule has 0 fully saturated rings. The number of ether oxygens (including phenoxy) is 1. The van der Waals surface area contributed by atoms with Crippen molar-refractivity contribution in [3.05, 3.63) is 66.5 Å². The summed E-state index contributed by atoms with van der Waals surface area (Å²) >= 11 is 0. The molecule has 0 spiro atoms. The number of fused-ring (bicyclic) bond motifs is 1. The van der Waals surface area contributed by atoms with Crippen LogP contribution in [0.5, 0.6) is 5.75 Å². The van der Waals surface area contributed by atoms with Gasteiger partial charge in [0.05, 0.1) is 24.2 Å². The number of anilines is 3. The predicted molar refractivity (Wildman–Crippen MR) is 105 cm³/mol. The molecule has 0 bridgehead atoms. The lowest BCUT2D eigenvalue weighted by atomic mass is 10.2. The Balaban J connectivity index is 1.74. The van der Waals surface area contributed by atoms with Crippen molar-refractivity contribution in [2.24, 2.45) is 0 Å². The molecule has 2 N–H and O–H groups in total. The van der Waals surface area contributed by atoms with Crippen molar-refractivity contribution in [2.75, 3.05) is 17.1 Å². The van der Waals surface area contributed by atoms with Crippen LogP contribution in [0.3, 0.4) is 0 Å². The summed E-state index contributed by atoms with van der Waals surface area (Å²) in [4.78, 5) is -0.192. The highest BCUT2D eigenvalue weighted by atomic mass is 32.2. The molecule has 4 aromatic rings. The van der Waals surface area contributed by atoms with Crippen molar-refractivity contribution in [1.29, 1.82) is 0 Å². The average molecular weight is 414 g/mol. The highest BCUT2D eigenvalue weighted by Crippen LogP contribution is 2.33. The molecule has 10 heteroatoms. The summed E-state index contributed by atoms with van der Waals surface area (Å²) in [6.45, 7) is 0. The van der Waals surface area contributed by atoms with Crippen LogP contribution in [-0.2, 0) is 10.0 Å². The van der Waals surface area contributed by atoms with E-state index >= 15 is 0 Å². The lowest BCUT2D eigenvalue weighted by Gasteiger charge is -2.12. The topological polar surface area (TPSA) is 106 Å². The molecule has 1 aromatic heterocycles. The van der Waals surface area contributed by atoms with Crippen LogP contribution in [-0.4, -0.2) is 25.8 Å². The van der Waals surface area contributed by atoms with Gasteiger partial charge in [-0.25, -0.2) is 17.4 Å². The Morgan fingerprint density at radius 1 is 0.897 bits per heavy atom. The van der Waals surface area contributed by atoms with E-state index < -0.39 is 15.8 Å². The summed E-state index contributed by atoms with van der Waals surface area (Å²) in [6, 6.07) is 15.5. The molecule has 0 aliphatic heterocycles. The molecule has 0 aliphatic rings. The van der Waals surface area contributed by atoms with Gasteiger partial charge in [0, 0.05) is 0 Å². The molecule has 0 aliphatic carbocycles. The van der Waals surface area contributed by atoms with E-state index in [2.05, 4.69) is 20.4 Å². The van der Waals surface area contributed by atoms with Crippen LogP contribution in [0.2, 0.25) is 0 Å². The van der Waals surface area contributed by atoms with Gasteiger partial charge in [0.15, 0.2) is 11.0 Å². The van der Waals surface area contributed by atoms with Gasteiger partial charge in [0.1, 0.15) is 16.5 Å². The third kappa shape index (κ3) is 3.57. The van der Waals surface area contributed by atoms with Crippen molar-refractivity contribution < 1.29 is 22.2 Å². The molecule has 0 atom stereocenters. The van der Waals surface area contributed by atoms with E-state index in [1.807, 2.05) is 12.1 Å². The summed E-state index contributed by atoms with van der Waals surface area (Å²) in [5, 5.41) is 10.7. The van der Waals surface area contributed by atoms with Gasteiger partial charge in [0.25, 0.3) is 10.0 Å². The number of hydrogen-bond acceptors (Lipinski definition) is 7. The fourth-order valence-corrected chi connectivity index (χ4v) is 4.00. The third-order valence-corrected chi connectivity index (χ3v) is 5.56. The van der Waals surface area contributed by atoms with Crippen LogP contribution in [0.25, 0.3) is 11.0 Å². The minimum atomic E-state index is -4.14. The number of benzene rings is 3. The normalized spacial score (nSPS) is 11.4. The van der Waals surface area contributed by atoms with Gasteiger partial charge in [-0.2, -0.15) is 0 Å². The van der Waals surface area contributed by atoms with Gasteiger partial charge in [0.2, 0.25) is 0 Å². The molecule has 4 rings (SSSR count). The molecule has 0 radical (unpaired) electrons. The van der Waals surface area contributed by atoms with Crippen LogP contribution < -0.4 is 14.8 Å². The van der Waals surface area contributed by atoms with E-state index in [4.69, 9.17) is 9.37 Å². The molecular formula is C19H15FN4O4S. The molecule has 0 saturated carbocycles. The second kappa shape index (κ2) is 7.40. The van der Waals surface area contributed by atoms with Crippen molar-refractivity contribution in [3.63, 3.8) is 0 Å². The summed E-state index contributed by atoms with van der Waals surface area (Å²) in [5.74, 6) is -0.102. The highest BCUT2D eigenvalue weighted by molar-refractivity contribution is 7.93. The highest BCUT2D eigenvalue weighted by Gasteiger charge is 2.24. The second-order valence-electron chi connectivity index (χ2n) is 5.98. The largest absolute Gasteiger partial charge is 0.495 e. The van der Waals surface area contributed by atoms with Crippen LogP contribution in [0, 0.1) is 5.82 Å². The number of sulfonamides is 1. The molecular weight excluding hydrogens is 399 g/mol. The van der Waals surface area contributed by atoms with Crippen LogP contribution >= 0.6 is 0 Å². The molecule has 1 heterocycles. The van der Waals surface area contributed by atoms with E-state index in [1.165, 1.54) is 37.4 Å². The number of para-hydroxylation sites is 3. The molecule has 8 nitrogen and oxygen atoms in total. The summed E-state index contributed by atoms with van der Waals surface area (Å²) in [5.41, 5.74) is 1.16. The SMILES string of the molecule is COc1ccccc1Nc1ccc(S(=O)(=O)Nc2ccccc2F)c2nonc12. The van der Waals surface area contributed by atoms with Gasteiger partial charge in [-0.1, -0.05) is 24.3 Å². The van der Waals surface area contributed by atoms with Crippen molar-refractivity contribution >= 4 is 38.1 Å². The third-order valence-electron chi connectivity index (χ3n) is 4.16. The Labute approximate surface area is 165 Å². The number of nitrogens with one attached hydrogen (secondary N) is 2. The predicted octanol–water partition coefficient (Wildman–Crippen LogP) is 3.91. The number of methoxy groups -OCH3 is 1. The molecule has 0 saturated heterocycles. The van der Waals surface area contributed by atoms with E-state index in [1.54, 1.807) is 12.1 Å². The smallest absolute Gasteiger partial charge is 0.264 e. The van der Waals surface area contributed by atoms with Crippen molar-refractivity contribution in [2.45, 2.75) is 4.90 Å². The van der Waals surface area contributed by atoms with Crippen LogP contribution in [0.1, 0.15) is 0 Å². The van der Waals surface area contributed by atoms with E-state index in [9.17, 15) is 12.8 Å². The van der Waals surface area contributed by atoms with E-state index in [0.29, 0.717) is 17.1 Å². The monoisotopic (exact) mass is 414 g/mol. The zero-order valence-corrected chi connectivity index (χ0v) is 15.9. The maximum Gasteiger partial charge on any atom is 0.264 e. The number of nitrogens with zero attached hydrogens (tertiary/aromatic N) is 2. The molecule has 0 unspecified atom stereocenters. The van der Waals surface area contributed by atoms with Gasteiger partial charge in [-0.05, 0) is 46.7 Å². The Kier molecular flexibility index (Phi) is 4.77. The van der Waals surface area contributed by atoms with Crippen LogP contribution in [0.4, 0.5) is 21.5 Å². The number of halogens is 1. The van der Waals surface area contributed by atoms with Gasteiger partial charge in [-0.15, -0.1) is 0 Å². The fraction of sp³-hybridized carbons (Fsp3) is 0.0526. The first-order chi connectivity index (χ1) is 14.0. The van der Waals surface area contributed by atoms with E-state index in [0.717, 1.165) is 6.07 Å².